The van der Waals surface area contributed by atoms with E-state index in [1.54, 1.807) is 4.90 Å². The zero-order valence-electron chi connectivity index (χ0n) is 10.4. The van der Waals surface area contributed by atoms with Crippen molar-refractivity contribution in [2.24, 2.45) is 10.9 Å². The smallest absolute Gasteiger partial charge is 0.254 e. The summed E-state index contributed by atoms with van der Waals surface area (Å²) in [6.45, 7) is 0.553. The van der Waals surface area contributed by atoms with E-state index in [1.165, 1.54) is 24.3 Å². The Morgan fingerprint density at radius 3 is 2.68 bits per heavy atom. The van der Waals surface area contributed by atoms with E-state index < -0.39 is 6.04 Å². The number of amidine groups is 1. The van der Waals surface area contributed by atoms with Gasteiger partial charge < -0.3 is 15.8 Å². The third kappa shape index (κ3) is 2.83. The van der Waals surface area contributed by atoms with Crippen molar-refractivity contribution in [3.63, 3.8) is 0 Å². The summed E-state index contributed by atoms with van der Waals surface area (Å²) in [7, 11) is 0. The first-order chi connectivity index (χ1) is 9.13. The SMILES string of the molecule is NC(=NO)C1CCCCN1C(=O)c1ccc(F)cc1. The minimum atomic E-state index is -0.392. The molecule has 0 spiro atoms. The molecular formula is C13H16FN3O2. The van der Waals surface area contributed by atoms with Crippen molar-refractivity contribution in [3.05, 3.63) is 35.6 Å². The Labute approximate surface area is 110 Å². The Bertz CT molecular complexity index is 487. The molecule has 1 atom stereocenters. The van der Waals surface area contributed by atoms with Crippen LogP contribution in [0.5, 0.6) is 0 Å². The molecule has 1 amide bonds. The number of hydrogen-bond acceptors (Lipinski definition) is 3. The molecule has 1 aromatic rings. The summed E-state index contributed by atoms with van der Waals surface area (Å²) in [6.07, 6.45) is 2.47. The molecule has 3 N–H and O–H groups in total. The Morgan fingerprint density at radius 2 is 2.05 bits per heavy atom. The molecule has 5 nitrogen and oxygen atoms in total. The molecule has 1 aliphatic rings. The molecule has 1 saturated heterocycles. The summed E-state index contributed by atoms with van der Waals surface area (Å²) in [5.41, 5.74) is 6.03. The van der Waals surface area contributed by atoms with Crippen molar-refractivity contribution in [2.45, 2.75) is 25.3 Å². The van der Waals surface area contributed by atoms with Crippen LogP contribution in [0, 0.1) is 5.82 Å². The maximum absolute atomic E-state index is 12.9. The predicted molar refractivity (Wildman–Crippen MR) is 68.5 cm³/mol. The minimum absolute atomic E-state index is 0.0372. The Balaban J connectivity index is 2.22. The number of likely N-dealkylation sites (tertiary alicyclic amines) is 1. The molecule has 0 radical (unpaired) electrons. The molecule has 1 aromatic carbocycles. The van der Waals surface area contributed by atoms with Gasteiger partial charge in [0.1, 0.15) is 5.82 Å². The van der Waals surface area contributed by atoms with Crippen LogP contribution in [0.25, 0.3) is 0 Å². The van der Waals surface area contributed by atoms with E-state index in [0.717, 1.165) is 12.8 Å². The molecule has 0 bridgehead atoms. The molecule has 102 valence electrons. The zero-order chi connectivity index (χ0) is 13.8. The third-order valence-corrected chi connectivity index (χ3v) is 3.31. The van der Waals surface area contributed by atoms with Crippen molar-refractivity contribution in [2.75, 3.05) is 6.54 Å². The van der Waals surface area contributed by atoms with E-state index in [2.05, 4.69) is 5.16 Å². The van der Waals surface area contributed by atoms with Gasteiger partial charge >= 0.3 is 0 Å². The normalized spacial score (nSPS) is 20.4. The molecule has 2 rings (SSSR count). The van der Waals surface area contributed by atoms with Crippen LogP contribution in [0.2, 0.25) is 0 Å². The minimum Gasteiger partial charge on any atom is -0.409 e. The van der Waals surface area contributed by atoms with Crippen LogP contribution in [0.15, 0.2) is 29.4 Å². The number of halogens is 1. The Morgan fingerprint density at radius 1 is 1.37 bits per heavy atom. The maximum atomic E-state index is 12.9. The Kier molecular flexibility index (Phi) is 3.99. The molecule has 0 aromatic heterocycles. The number of piperidine rings is 1. The van der Waals surface area contributed by atoms with Crippen LogP contribution < -0.4 is 5.73 Å². The van der Waals surface area contributed by atoms with Crippen LogP contribution in [-0.4, -0.2) is 34.4 Å². The number of rotatable bonds is 2. The highest BCUT2D eigenvalue weighted by Gasteiger charge is 2.30. The lowest BCUT2D eigenvalue weighted by atomic mass is 10.00. The van der Waals surface area contributed by atoms with Gasteiger partial charge in [-0.05, 0) is 43.5 Å². The first kappa shape index (κ1) is 13.3. The number of hydrogen-bond donors (Lipinski definition) is 2. The summed E-state index contributed by atoms with van der Waals surface area (Å²) < 4.78 is 12.9. The van der Waals surface area contributed by atoms with Crippen molar-refractivity contribution in [3.8, 4) is 0 Å². The summed E-state index contributed by atoms with van der Waals surface area (Å²) in [5.74, 6) is -0.574. The van der Waals surface area contributed by atoms with Crippen molar-refractivity contribution in [1.82, 2.24) is 4.90 Å². The fourth-order valence-electron chi connectivity index (χ4n) is 2.31. The summed E-state index contributed by atoms with van der Waals surface area (Å²) in [5, 5.41) is 11.8. The maximum Gasteiger partial charge on any atom is 0.254 e. The number of carbonyl (C=O) groups is 1. The van der Waals surface area contributed by atoms with Gasteiger partial charge in [-0.1, -0.05) is 5.16 Å². The first-order valence-corrected chi connectivity index (χ1v) is 6.17. The lowest BCUT2D eigenvalue weighted by Gasteiger charge is -2.34. The second-order valence-corrected chi connectivity index (χ2v) is 4.54. The predicted octanol–water partition coefficient (Wildman–Crippen LogP) is 1.57. The average Bonchev–Trinajstić information content (AvgIpc) is 2.46. The van der Waals surface area contributed by atoms with Crippen LogP contribution in [0.3, 0.4) is 0 Å². The summed E-state index contributed by atoms with van der Waals surface area (Å²) in [6, 6.07) is 4.98. The third-order valence-electron chi connectivity index (χ3n) is 3.31. The van der Waals surface area contributed by atoms with Crippen molar-refractivity contribution >= 4 is 11.7 Å². The molecule has 1 fully saturated rings. The highest BCUT2D eigenvalue weighted by atomic mass is 19.1. The molecule has 0 saturated carbocycles. The van der Waals surface area contributed by atoms with Gasteiger partial charge in [-0.15, -0.1) is 0 Å². The molecule has 6 heteroatoms. The molecular weight excluding hydrogens is 249 g/mol. The molecule has 19 heavy (non-hydrogen) atoms. The van der Waals surface area contributed by atoms with Gasteiger partial charge in [-0.2, -0.15) is 0 Å². The average molecular weight is 265 g/mol. The van der Waals surface area contributed by atoms with E-state index in [1.807, 2.05) is 0 Å². The monoisotopic (exact) mass is 265 g/mol. The highest BCUT2D eigenvalue weighted by molar-refractivity contribution is 5.98. The molecule has 1 aliphatic heterocycles. The number of amides is 1. The molecule has 1 heterocycles. The van der Waals surface area contributed by atoms with Gasteiger partial charge in [0.25, 0.3) is 5.91 Å². The number of nitrogens with zero attached hydrogens (tertiary/aromatic N) is 2. The summed E-state index contributed by atoms with van der Waals surface area (Å²) in [4.78, 5) is 13.9. The highest BCUT2D eigenvalue weighted by Crippen LogP contribution is 2.20. The van der Waals surface area contributed by atoms with Crippen molar-refractivity contribution in [1.29, 1.82) is 0 Å². The first-order valence-electron chi connectivity index (χ1n) is 6.17. The van der Waals surface area contributed by atoms with E-state index in [4.69, 9.17) is 10.9 Å². The van der Waals surface area contributed by atoms with Crippen molar-refractivity contribution < 1.29 is 14.4 Å². The zero-order valence-corrected chi connectivity index (χ0v) is 10.4. The summed E-state index contributed by atoms with van der Waals surface area (Å²) >= 11 is 0. The fourth-order valence-corrected chi connectivity index (χ4v) is 2.31. The van der Waals surface area contributed by atoms with Gasteiger partial charge in [-0.3, -0.25) is 4.79 Å². The van der Waals surface area contributed by atoms with Crippen LogP contribution in [0.4, 0.5) is 4.39 Å². The number of nitrogens with two attached hydrogens (primary N) is 1. The lowest BCUT2D eigenvalue weighted by Crippen LogP contribution is -2.50. The van der Waals surface area contributed by atoms with E-state index >= 15 is 0 Å². The van der Waals surface area contributed by atoms with Crippen LogP contribution >= 0.6 is 0 Å². The Hall–Kier alpha value is -2.11. The van der Waals surface area contributed by atoms with Gasteiger partial charge in [0.05, 0.1) is 6.04 Å². The standard InChI is InChI=1S/C13H16FN3O2/c14-10-6-4-9(5-7-10)13(18)17-8-2-1-3-11(17)12(15)16-19/h4-7,11,19H,1-3,8H2,(H2,15,16). The fraction of sp³-hybridized carbons (Fsp3) is 0.385. The lowest BCUT2D eigenvalue weighted by molar-refractivity contribution is 0.0676. The number of carbonyl (C=O) groups excluding carboxylic acids is 1. The van der Waals surface area contributed by atoms with Crippen LogP contribution in [0.1, 0.15) is 29.6 Å². The van der Waals surface area contributed by atoms with Gasteiger partial charge in [0.2, 0.25) is 0 Å². The van der Waals surface area contributed by atoms with E-state index in [0.29, 0.717) is 18.5 Å². The molecule has 1 unspecified atom stereocenters. The largest absolute Gasteiger partial charge is 0.409 e. The number of oxime groups is 1. The van der Waals surface area contributed by atoms with Gasteiger partial charge in [0, 0.05) is 12.1 Å². The quantitative estimate of drug-likeness (QED) is 0.368. The van der Waals surface area contributed by atoms with E-state index in [9.17, 15) is 9.18 Å². The second-order valence-electron chi connectivity index (χ2n) is 4.54. The number of benzene rings is 1. The van der Waals surface area contributed by atoms with Crippen LogP contribution in [-0.2, 0) is 0 Å². The van der Waals surface area contributed by atoms with Gasteiger partial charge in [-0.25, -0.2) is 4.39 Å². The van der Waals surface area contributed by atoms with E-state index in [-0.39, 0.29) is 17.6 Å². The van der Waals surface area contributed by atoms with Gasteiger partial charge in [0.15, 0.2) is 5.84 Å². The topological polar surface area (TPSA) is 78.9 Å². The molecule has 0 aliphatic carbocycles. The second kappa shape index (κ2) is 5.69.